The van der Waals surface area contributed by atoms with Crippen LogP contribution in [0.15, 0.2) is 21.8 Å². The lowest BCUT2D eigenvalue weighted by molar-refractivity contribution is -0.127. The minimum atomic E-state index is 0. The van der Waals surface area contributed by atoms with E-state index in [1.54, 1.807) is 30.3 Å². The predicted molar refractivity (Wildman–Crippen MR) is 100 cm³/mol. The van der Waals surface area contributed by atoms with Crippen LogP contribution in [0.5, 0.6) is 0 Å². The molecule has 120 valence electrons. The maximum Gasteiger partial charge on any atom is 0.243 e. The van der Waals surface area contributed by atoms with E-state index in [0.29, 0.717) is 0 Å². The first-order valence-electron chi connectivity index (χ1n) is 6.75. The number of hydrogen-bond acceptors (Lipinski definition) is 3. The first-order valence-corrected chi connectivity index (χ1v) is 7.69. The van der Waals surface area contributed by atoms with Crippen LogP contribution in [0.3, 0.4) is 0 Å². The van der Waals surface area contributed by atoms with Gasteiger partial charge in [0.2, 0.25) is 5.91 Å². The van der Waals surface area contributed by atoms with Crippen LogP contribution < -0.4 is 5.32 Å². The molecule has 1 rings (SSSR count). The van der Waals surface area contributed by atoms with Gasteiger partial charge in [0.25, 0.3) is 0 Å². The molecule has 0 saturated heterocycles. The monoisotopic (exact) mass is 424 g/mol. The van der Waals surface area contributed by atoms with Gasteiger partial charge in [0.1, 0.15) is 6.54 Å². The van der Waals surface area contributed by atoms with Crippen LogP contribution in [0.2, 0.25) is 0 Å². The molecule has 1 amide bonds. The molecule has 0 bridgehead atoms. The predicted octanol–water partition coefficient (Wildman–Crippen LogP) is 2.24. The van der Waals surface area contributed by atoms with Crippen LogP contribution >= 0.6 is 35.3 Å². The van der Waals surface area contributed by atoms with Gasteiger partial charge in [-0.2, -0.15) is 11.3 Å². The van der Waals surface area contributed by atoms with Gasteiger partial charge < -0.3 is 15.1 Å². The summed E-state index contributed by atoms with van der Waals surface area (Å²) in [5.74, 6) is 0.776. The summed E-state index contributed by atoms with van der Waals surface area (Å²) in [6.07, 6.45) is 1.02. The lowest BCUT2D eigenvalue weighted by Gasteiger charge is -2.22. The summed E-state index contributed by atoms with van der Waals surface area (Å²) in [6.45, 7) is 3.92. The van der Waals surface area contributed by atoms with Crippen molar-refractivity contribution >= 4 is 47.2 Å². The molecule has 1 aromatic heterocycles. The van der Waals surface area contributed by atoms with Gasteiger partial charge >= 0.3 is 0 Å². The number of aliphatic imine (C=N–C) groups is 1. The van der Waals surface area contributed by atoms with E-state index in [1.165, 1.54) is 5.56 Å². The second-order valence-corrected chi connectivity index (χ2v) is 5.62. The van der Waals surface area contributed by atoms with Crippen molar-refractivity contribution < 1.29 is 4.79 Å². The van der Waals surface area contributed by atoms with E-state index in [4.69, 9.17) is 0 Å². The van der Waals surface area contributed by atoms with E-state index >= 15 is 0 Å². The summed E-state index contributed by atoms with van der Waals surface area (Å²) in [4.78, 5) is 19.6. The Morgan fingerprint density at radius 3 is 2.62 bits per heavy atom. The SMILES string of the molecule is CCCNC(=NCC(=O)N(C)C)N(C)Cc1ccsc1.I. The van der Waals surface area contributed by atoms with Crippen LogP contribution in [0.1, 0.15) is 18.9 Å². The van der Waals surface area contributed by atoms with Crippen molar-refractivity contribution in [3.63, 3.8) is 0 Å². The molecule has 1 aromatic rings. The van der Waals surface area contributed by atoms with E-state index < -0.39 is 0 Å². The van der Waals surface area contributed by atoms with Gasteiger partial charge in [-0.15, -0.1) is 24.0 Å². The Morgan fingerprint density at radius 2 is 2.10 bits per heavy atom. The van der Waals surface area contributed by atoms with E-state index in [1.807, 2.05) is 11.9 Å². The summed E-state index contributed by atoms with van der Waals surface area (Å²) in [7, 11) is 5.47. The highest BCUT2D eigenvalue weighted by molar-refractivity contribution is 14.0. The molecule has 0 atom stereocenters. The minimum absolute atomic E-state index is 0. The van der Waals surface area contributed by atoms with Crippen LogP contribution in [0.25, 0.3) is 0 Å². The number of rotatable bonds is 6. The normalized spacial score (nSPS) is 10.8. The molecular formula is C14H25IN4OS. The molecule has 0 spiro atoms. The zero-order chi connectivity index (χ0) is 15.0. The number of guanidine groups is 1. The molecule has 0 aliphatic rings. The molecule has 0 aliphatic heterocycles. The Morgan fingerprint density at radius 1 is 1.38 bits per heavy atom. The maximum atomic E-state index is 11.6. The average Bonchev–Trinajstić information content (AvgIpc) is 2.91. The Labute approximate surface area is 148 Å². The van der Waals surface area contributed by atoms with Gasteiger partial charge in [-0.1, -0.05) is 6.92 Å². The lowest BCUT2D eigenvalue weighted by Crippen LogP contribution is -2.39. The molecule has 7 heteroatoms. The lowest BCUT2D eigenvalue weighted by atomic mass is 10.3. The summed E-state index contributed by atoms with van der Waals surface area (Å²) < 4.78 is 0. The number of amides is 1. The van der Waals surface area contributed by atoms with E-state index in [0.717, 1.165) is 25.5 Å². The fourth-order valence-corrected chi connectivity index (χ4v) is 2.22. The highest BCUT2D eigenvalue weighted by atomic mass is 127. The van der Waals surface area contributed by atoms with E-state index in [-0.39, 0.29) is 36.4 Å². The molecule has 0 aliphatic carbocycles. The Bertz CT molecular complexity index is 434. The van der Waals surface area contributed by atoms with Crippen molar-refractivity contribution in [3.8, 4) is 0 Å². The van der Waals surface area contributed by atoms with E-state index in [2.05, 4.69) is 34.1 Å². The number of likely N-dealkylation sites (N-methyl/N-ethyl adjacent to an activating group) is 1. The number of carbonyl (C=O) groups excluding carboxylic acids is 1. The van der Waals surface area contributed by atoms with Gasteiger partial charge in [-0.05, 0) is 28.8 Å². The minimum Gasteiger partial charge on any atom is -0.356 e. The number of nitrogens with zero attached hydrogens (tertiary/aromatic N) is 3. The van der Waals surface area contributed by atoms with Crippen LogP contribution in [-0.4, -0.2) is 55.9 Å². The molecule has 21 heavy (non-hydrogen) atoms. The van der Waals surface area contributed by atoms with Gasteiger partial charge in [-0.3, -0.25) is 4.79 Å². The van der Waals surface area contributed by atoms with Crippen molar-refractivity contribution in [2.75, 3.05) is 34.2 Å². The van der Waals surface area contributed by atoms with Crippen molar-refractivity contribution in [1.29, 1.82) is 0 Å². The number of halogens is 1. The summed E-state index contributed by atoms with van der Waals surface area (Å²) in [6, 6.07) is 2.10. The molecule has 0 radical (unpaired) electrons. The third-order valence-corrected chi connectivity index (χ3v) is 3.49. The number of thiophene rings is 1. The van der Waals surface area contributed by atoms with Crippen molar-refractivity contribution in [3.05, 3.63) is 22.4 Å². The number of nitrogens with one attached hydrogen (secondary N) is 1. The van der Waals surface area contributed by atoms with E-state index in [9.17, 15) is 4.79 Å². The first kappa shape index (κ1) is 20.2. The zero-order valence-electron chi connectivity index (χ0n) is 13.1. The third-order valence-electron chi connectivity index (χ3n) is 2.76. The molecule has 1 heterocycles. The Hall–Kier alpha value is -0.830. The molecule has 0 saturated carbocycles. The van der Waals surface area contributed by atoms with Crippen LogP contribution in [-0.2, 0) is 11.3 Å². The number of hydrogen-bond donors (Lipinski definition) is 1. The molecule has 5 nitrogen and oxygen atoms in total. The van der Waals surface area contributed by atoms with Gasteiger partial charge in [0.05, 0.1) is 0 Å². The fraction of sp³-hybridized carbons (Fsp3) is 0.571. The molecule has 0 fully saturated rings. The number of carbonyl (C=O) groups is 1. The van der Waals surface area contributed by atoms with Crippen molar-refractivity contribution in [1.82, 2.24) is 15.1 Å². The smallest absolute Gasteiger partial charge is 0.243 e. The topological polar surface area (TPSA) is 47.9 Å². The Kier molecular flexibility index (Phi) is 10.4. The van der Waals surface area contributed by atoms with Crippen molar-refractivity contribution in [2.24, 2.45) is 4.99 Å². The molecular weight excluding hydrogens is 399 g/mol. The highest BCUT2D eigenvalue weighted by Crippen LogP contribution is 2.08. The van der Waals surface area contributed by atoms with Crippen molar-refractivity contribution in [2.45, 2.75) is 19.9 Å². The third kappa shape index (κ3) is 7.66. The molecule has 1 N–H and O–H groups in total. The zero-order valence-corrected chi connectivity index (χ0v) is 16.3. The highest BCUT2D eigenvalue weighted by Gasteiger charge is 2.09. The Balaban J connectivity index is 0.00000400. The standard InChI is InChI=1S/C14H24N4OS.HI/c1-5-7-15-14(16-9-13(19)17(2)3)18(4)10-12-6-8-20-11-12;/h6,8,11H,5,7,9-10H2,1-4H3,(H,15,16);1H. The summed E-state index contributed by atoms with van der Waals surface area (Å²) in [5, 5.41) is 7.47. The molecule has 0 unspecified atom stereocenters. The first-order chi connectivity index (χ1) is 9.54. The fourth-order valence-electron chi connectivity index (χ4n) is 1.56. The van der Waals surface area contributed by atoms with Gasteiger partial charge in [0, 0.05) is 34.2 Å². The van der Waals surface area contributed by atoms with Gasteiger partial charge in [0.15, 0.2) is 5.96 Å². The molecule has 0 aromatic carbocycles. The summed E-state index contributed by atoms with van der Waals surface area (Å²) >= 11 is 1.69. The average molecular weight is 424 g/mol. The summed E-state index contributed by atoms with van der Waals surface area (Å²) in [5.41, 5.74) is 1.25. The van der Waals surface area contributed by atoms with Crippen LogP contribution in [0.4, 0.5) is 0 Å². The quantitative estimate of drug-likeness (QED) is 0.433. The van der Waals surface area contributed by atoms with Gasteiger partial charge in [-0.25, -0.2) is 4.99 Å². The largest absolute Gasteiger partial charge is 0.356 e. The maximum absolute atomic E-state index is 11.6. The van der Waals surface area contributed by atoms with Crippen LogP contribution in [0, 0.1) is 0 Å². The second kappa shape index (κ2) is 10.8. The second-order valence-electron chi connectivity index (χ2n) is 4.84.